The smallest absolute Gasteiger partial charge is 0.154 e. The molecule has 0 aromatic carbocycles. The summed E-state index contributed by atoms with van der Waals surface area (Å²) < 4.78 is 25.7. The highest BCUT2D eigenvalue weighted by molar-refractivity contribution is 4.81. The van der Waals surface area contributed by atoms with Crippen molar-refractivity contribution in [3.63, 3.8) is 0 Å². The summed E-state index contributed by atoms with van der Waals surface area (Å²) in [6.45, 7) is 2.07. The van der Waals surface area contributed by atoms with E-state index in [0.717, 1.165) is 13.0 Å². The number of alkyl halides is 1. The first-order valence-corrected chi connectivity index (χ1v) is 4.17. The Bertz CT molecular complexity index is 165. The third kappa shape index (κ3) is 1.40. The Morgan fingerprint density at radius 1 is 1.55 bits per heavy atom. The van der Waals surface area contributed by atoms with Gasteiger partial charge in [0.1, 0.15) is 0 Å². The minimum atomic E-state index is -0.907. The molecule has 0 aromatic heterocycles. The average molecular weight is 160 g/mol. The molecule has 64 valence electrons. The van der Waals surface area contributed by atoms with E-state index in [2.05, 4.69) is 0 Å². The van der Waals surface area contributed by atoms with E-state index in [-0.39, 0.29) is 12.4 Å². The number of ether oxygens (including phenoxy) is 1. The Morgan fingerprint density at radius 3 is 2.91 bits per heavy atom. The van der Waals surface area contributed by atoms with Gasteiger partial charge in [-0.3, -0.25) is 4.90 Å². The quantitative estimate of drug-likeness (QED) is 0.534. The number of likely N-dealkylation sites (tertiary alicyclic amines) is 1. The van der Waals surface area contributed by atoms with Gasteiger partial charge in [-0.2, -0.15) is 0 Å². The predicted molar refractivity (Wildman–Crippen MR) is 40.1 cm³/mol. The van der Waals surface area contributed by atoms with E-state index < -0.39 is 6.30 Å². The van der Waals surface area contributed by atoms with Crippen LogP contribution in [0.2, 0.25) is 0 Å². The summed E-state index contributed by atoms with van der Waals surface area (Å²) in [7, 11) is 0. The Labute approximate surface area is 67.7 Å². The van der Waals surface area contributed by atoms with Crippen LogP contribution in [0.3, 0.4) is 0 Å². The first-order valence-electron chi connectivity index (χ1n) is 4.75. The molecule has 0 saturated carbocycles. The van der Waals surface area contributed by atoms with Crippen LogP contribution in [0.25, 0.3) is 0 Å². The van der Waals surface area contributed by atoms with Gasteiger partial charge in [-0.05, 0) is 19.2 Å². The zero-order valence-corrected chi connectivity index (χ0v) is 6.50. The van der Waals surface area contributed by atoms with Crippen LogP contribution in [0.1, 0.15) is 20.6 Å². The molecule has 0 amide bonds. The van der Waals surface area contributed by atoms with Gasteiger partial charge in [-0.15, -0.1) is 0 Å². The third-order valence-corrected chi connectivity index (χ3v) is 2.40. The van der Waals surface area contributed by atoms with Gasteiger partial charge in [-0.25, -0.2) is 4.39 Å². The highest BCUT2D eigenvalue weighted by atomic mass is 19.1. The molecule has 2 heterocycles. The number of rotatable bonds is 1. The average Bonchev–Trinajstić information content (AvgIpc) is 1.91. The molecule has 0 bridgehead atoms. The van der Waals surface area contributed by atoms with Gasteiger partial charge in [0.2, 0.25) is 0 Å². The topological polar surface area (TPSA) is 12.5 Å². The fourth-order valence-corrected chi connectivity index (χ4v) is 1.60. The Hall–Kier alpha value is -0.150. The molecule has 2 rings (SSSR count). The molecule has 2 atom stereocenters. The van der Waals surface area contributed by atoms with Crippen LogP contribution in [-0.2, 0) is 4.74 Å². The first kappa shape index (κ1) is 6.38. The standard InChI is InChI=1S/C8H14FNO/c9-8-3-1-2-4-10(8)7-5-11-6-7/h7-8H,1-6H2/i1D. The first-order chi connectivity index (χ1) is 5.77. The molecule has 2 nitrogen and oxygen atoms in total. The number of hydrogen-bond acceptors (Lipinski definition) is 2. The second-order valence-electron chi connectivity index (χ2n) is 3.18. The Morgan fingerprint density at radius 2 is 2.36 bits per heavy atom. The summed E-state index contributed by atoms with van der Waals surface area (Å²) in [6, 6.07) is 0.285. The lowest BCUT2D eigenvalue weighted by molar-refractivity contribution is -0.112. The summed E-state index contributed by atoms with van der Waals surface area (Å²) in [6.07, 6.45) is 0.0698. The lowest BCUT2D eigenvalue weighted by Gasteiger charge is -2.41. The second-order valence-corrected chi connectivity index (χ2v) is 3.18. The van der Waals surface area contributed by atoms with E-state index >= 15 is 0 Å². The maximum absolute atomic E-state index is 13.3. The maximum Gasteiger partial charge on any atom is 0.154 e. The van der Waals surface area contributed by atoms with Crippen LogP contribution >= 0.6 is 0 Å². The SMILES string of the molecule is [2H]C1CCN(C2COC2)C(F)C1. The van der Waals surface area contributed by atoms with E-state index in [9.17, 15) is 4.39 Å². The van der Waals surface area contributed by atoms with Gasteiger partial charge >= 0.3 is 0 Å². The molecule has 0 N–H and O–H groups in total. The van der Waals surface area contributed by atoms with Gasteiger partial charge in [0.05, 0.1) is 19.3 Å². The number of hydrogen-bond donors (Lipinski definition) is 0. The fourth-order valence-electron chi connectivity index (χ4n) is 1.60. The highest BCUT2D eigenvalue weighted by Gasteiger charge is 2.32. The summed E-state index contributed by atoms with van der Waals surface area (Å²) in [5.74, 6) is 0. The second kappa shape index (κ2) is 3.07. The maximum atomic E-state index is 13.3. The molecule has 2 saturated heterocycles. The molecule has 0 aliphatic carbocycles. The predicted octanol–water partition coefficient (Wildman–Crippen LogP) is 1.17. The van der Waals surface area contributed by atoms with Crippen LogP contribution in [0, 0.1) is 0 Å². The molecule has 0 spiro atoms. The van der Waals surface area contributed by atoms with Crippen LogP contribution in [0.4, 0.5) is 4.39 Å². The van der Waals surface area contributed by atoms with Crippen molar-refractivity contribution in [3.8, 4) is 0 Å². The summed E-state index contributed by atoms with van der Waals surface area (Å²) in [5.41, 5.74) is 0. The largest absolute Gasteiger partial charge is 0.378 e. The monoisotopic (exact) mass is 160 g/mol. The van der Waals surface area contributed by atoms with Crippen molar-refractivity contribution in [2.24, 2.45) is 0 Å². The van der Waals surface area contributed by atoms with Gasteiger partial charge in [-0.1, -0.05) is 0 Å². The van der Waals surface area contributed by atoms with Crippen LogP contribution in [0.15, 0.2) is 0 Å². The fraction of sp³-hybridized carbons (Fsp3) is 1.00. The van der Waals surface area contributed by atoms with E-state index in [0.29, 0.717) is 19.6 Å². The zero-order chi connectivity index (χ0) is 8.55. The minimum absolute atomic E-state index is 0.197. The lowest BCUT2D eigenvalue weighted by Crippen LogP contribution is -2.53. The van der Waals surface area contributed by atoms with Crippen molar-refractivity contribution in [1.29, 1.82) is 0 Å². The molecule has 0 aromatic rings. The molecular formula is C8H14FNO. The van der Waals surface area contributed by atoms with Crippen molar-refractivity contribution in [3.05, 3.63) is 0 Å². The van der Waals surface area contributed by atoms with Crippen molar-refractivity contribution in [2.45, 2.75) is 31.6 Å². The summed E-state index contributed by atoms with van der Waals surface area (Å²) in [5, 5.41) is 0. The third-order valence-electron chi connectivity index (χ3n) is 2.40. The minimum Gasteiger partial charge on any atom is -0.378 e. The van der Waals surface area contributed by atoms with E-state index in [4.69, 9.17) is 6.11 Å². The zero-order valence-electron chi connectivity index (χ0n) is 7.50. The molecule has 2 unspecified atom stereocenters. The van der Waals surface area contributed by atoms with Crippen LogP contribution in [0.5, 0.6) is 0 Å². The molecule has 0 radical (unpaired) electrons. The van der Waals surface area contributed by atoms with Crippen molar-refractivity contribution >= 4 is 0 Å². The molecule has 2 aliphatic rings. The van der Waals surface area contributed by atoms with Gasteiger partial charge in [0.15, 0.2) is 6.30 Å². The molecular weight excluding hydrogens is 145 g/mol. The molecule has 2 fully saturated rings. The van der Waals surface area contributed by atoms with Crippen LogP contribution in [-0.4, -0.2) is 37.0 Å². The molecule has 11 heavy (non-hydrogen) atoms. The summed E-state index contributed by atoms with van der Waals surface area (Å²) >= 11 is 0. The van der Waals surface area contributed by atoms with Crippen LogP contribution < -0.4 is 0 Å². The molecule has 2 aliphatic heterocycles. The van der Waals surface area contributed by atoms with E-state index in [1.165, 1.54) is 0 Å². The Kier molecular flexibility index (Phi) is 1.78. The van der Waals surface area contributed by atoms with Crippen molar-refractivity contribution < 1.29 is 10.5 Å². The van der Waals surface area contributed by atoms with Gasteiger partial charge in [0, 0.05) is 7.92 Å². The lowest BCUT2D eigenvalue weighted by atomic mass is 10.1. The number of nitrogens with zero attached hydrogens (tertiary/aromatic N) is 1. The van der Waals surface area contributed by atoms with Gasteiger partial charge < -0.3 is 4.74 Å². The van der Waals surface area contributed by atoms with E-state index in [1.54, 1.807) is 0 Å². The highest BCUT2D eigenvalue weighted by Crippen LogP contribution is 2.23. The Balaban J connectivity index is 1.88. The summed E-state index contributed by atoms with van der Waals surface area (Å²) in [4.78, 5) is 1.84. The van der Waals surface area contributed by atoms with Crippen molar-refractivity contribution in [1.82, 2.24) is 4.90 Å². The van der Waals surface area contributed by atoms with Gasteiger partial charge in [0.25, 0.3) is 0 Å². The van der Waals surface area contributed by atoms with E-state index in [1.807, 2.05) is 4.90 Å². The number of piperidine rings is 1. The molecule has 3 heteroatoms. The van der Waals surface area contributed by atoms with Crippen molar-refractivity contribution in [2.75, 3.05) is 19.8 Å². The normalized spacial score (nSPS) is 43.2. The number of halogens is 1.